The van der Waals surface area contributed by atoms with Gasteiger partial charge in [0.15, 0.2) is 5.72 Å². The van der Waals surface area contributed by atoms with Crippen LogP contribution in [-0.4, -0.2) is 88.5 Å². The lowest BCUT2D eigenvalue weighted by Gasteiger charge is -2.65. The van der Waals surface area contributed by atoms with E-state index in [2.05, 4.69) is 0 Å². The van der Waals surface area contributed by atoms with Crippen LogP contribution in [0.2, 0.25) is 0 Å². The lowest BCUT2D eigenvalue weighted by Crippen LogP contribution is -2.88. The molecule has 0 amide bonds. The molecule has 1 aliphatic rings. The minimum absolute atomic E-state index is 0.845. The normalized spacial score (nSPS) is 44.8. The number of carboxylic acids is 1. The Balaban J connectivity index is 3.74. The molecule has 0 saturated carbocycles. The topological polar surface area (TPSA) is 200 Å². The van der Waals surface area contributed by atoms with Gasteiger partial charge in [-0.25, -0.2) is 4.79 Å². The van der Waals surface area contributed by atoms with Crippen LogP contribution in [0.25, 0.3) is 0 Å². The molecule has 6 atom stereocenters. The molecule has 1 rings (SSSR count). The quantitative estimate of drug-likeness (QED) is 0.177. The summed E-state index contributed by atoms with van der Waals surface area (Å²) in [6.07, 6.45) is -4.18. The molecule has 1 fully saturated rings. The van der Waals surface area contributed by atoms with Crippen molar-refractivity contribution in [2.24, 2.45) is 5.41 Å². The van der Waals surface area contributed by atoms with E-state index in [-0.39, 0.29) is 0 Å². The summed E-state index contributed by atoms with van der Waals surface area (Å²) in [6.45, 7) is 2.84. The van der Waals surface area contributed by atoms with Crippen LogP contribution in [0.1, 0.15) is 27.7 Å². The number of hydrogen-bond donors (Lipinski definition) is 9. The van der Waals surface area contributed by atoms with Crippen molar-refractivity contribution in [2.45, 2.75) is 62.6 Å². The Labute approximate surface area is 137 Å². The fourth-order valence-electron chi connectivity index (χ4n) is 3.05. The van der Waals surface area contributed by atoms with Gasteiger partial charge in [-0.2, -0.15) is 5.48 Å². The summed E-state index contributed by atoms with van der Waals surface area (Å²) in [7, 11) is 0. The molecule has 0 bridgehead atoms. The van der Waals surface area contributed by atoms with Crippen LogP contribution in [-0.2, 0) is 9.53 Å². The maximum absolute atomic E-state index is 11.6. The predicted octanol–water partition coefficient (Wildman–Crippen LogP) is -3.29. The fourth-order valence-corrected chi connectivity index (χ4v) is 3.05. The minimum Gasteiger partial charge on any atom is -0.477 e. The Morgan fingerprint density at radius 2 is 1.58 bits per heavy atom. The van der Waals surface area contributed by atoms with Crippen molar-refractivity contribution in [3.8, 4) is 0 Å². The summed E-state index contributed by atoms with van der Waals surface area (Å²) in [4.78, 5) is 11.6. The molecule has 0 aromatic rings. The molecule has 11 heteroatoms. The second-order valence-corrected chi connectivity index (χ2v) is 6.87. The molecular weight excluding hydrogens is 330 g/mol. The first-order valence-corrected chi connectivity index (χ1v) is 7.09. The largest absolute Gasteiger partial charge is 0.477 e. The molecule has 11 nitrogen and oxygen atoms in total. The van der Waals surface area contributed by atoms with Gasteiger partial charge >= 0.3 is 5.97 Å². The second-order valence-electron chi connectivity index (χ2n) is 6.87. The molecule has 1 aliphatic heterocycles. The highest BCUT2D eigenvalue weighted by molar-refractivity contribution is 5.77. The molecule has 4 unspecified atom stereocenters. The Kier molecular flexibility index (Phi) is 5.14. The van der Waals surface area contributed by atoms with Crippen LogP contribution >= 0.6 is 0 Å². The molecule has 0 aliphatic carbocycles. The van der Waals surface area contributed by atoms with Crippen LogP contribution in [0.3, 0.4) is 0 Å². The molecule has 0 aromatic heterocycles. The van der Waals surface area contributed by atoms with Gasteiger partial charge in [0.05, 0.1) is 12.0 Å². The summed E-state index contributed by atoms with van der Waals surface area (Å²) < 4.78 is 5.07. The van der Waals surface area contributed by atoms with Gasteiger partial charge < -0.3 is 45.7 Å². The standard InChI is InChI=1S/C13H25NO10/c1-9(2)11(4,20)13(22,14-23)10(3,7(17)6(16)5-15)24-12(9,21)8(18)19/h6-7,14-17,20-23H,5H2,1-4H3,(H,18,19)/t6?,7?,10?,11?,12-,13-/m1/s1. The first kappa shape index (κ1) is 21.2. The summed E-state index contributed by atoms with van der Waals surface area (Å²) in [6, 6.07) is 0. The van der Waals surface area contributed by atoms with Crippen LogP contribution in [0.4, 0.5) is 0 Å². The lowest BCUT2D eigenvalue weighted by molar-refractivity contribution is -0.458. The third-order valence-electron chi connectivity index (χ3n) is 5.41. The van der Waals surface area contributed by atoms with E-state index in [1.54, 1.807) is 0 Å². The Morgan fingerprint density at radius 3 is 1.92 bits per heavy atom. The number of aliphatic carboxylic acids is 1. The number of nitrogens with one attached hydrogen (secondary N) is 1. The summed E-state index contributed by atoms with van der Waals surface area (Å²) >= 11 is 0. The van der Waals surface area contributed by atoms with Crippen molar-refractivity contribution >= 4 is 5.97 Å². The van der Waals surface area contributed by atoms with Crippen molar-refractivity contribution in [2.75, 3.05) is 6.61 Å². The van der Waals surface area contributed by atoms with Gasteiger partial charge in [-0.05, 0) is 13.8 Å². The zero-order valence-corrected chi connectivity index (χ0v) is 13.8. The summed E-state index contributed by atoms with van der Waals surface area (Å²) in [5.41, 5.74) is -9.00. The maximum Gasteiger partial charge on any atom is 0.364 e. The van der Waals surface area contributed by atoms with Gasteiger partial charge in [0.1, 0.15) is 23.4 Å². The highest BCUT2D eigenvalue weighted by Crippen LogP contribution is 2.57. The third kappa shape index (κ3) is 2.21. The molecule has 1 heterocycles. The number of carboxylic acid groups (broad SMARTS) is 1. The summed E-state index contributed by atoms with van der Waals surface area (Å²) in [5, 5.41) is 79.8. The molecule has 1 saturated heterocycles. The smallest absolute Gasteiger partial charge is 0.364 e. The van der Waals surface area contributed by atoms with Gasteiger partial charge in [0.2, 0.25) is 0 Å². The third-order valence-corrected chi connectivity index (χ3v) is 5.41. The van der Waals surface area contributed by atoms with E-state index >= 15 is 0 Å². The van der Waals surface area contributed by atoms with Crippen molar-refractivity contribution in [3.05, 3.63) is 0 Å². The highest BCUT2D eigenvalue weighted by Gasteiger charge is 2.79. The zero-order valence-electron chi connectivity index (χ0n) is 13.8. The van der Waals surface area contributed by atoms with Crippen LogP contribution in [0, 0.1) is 5.41 Å². The van der Waals surface area contributed by atoms with Crippen molar-refractivity contribution in [1.82, 2.24) is 5.48 Å². The van der Waals surface area contributed by atoms with Crippen molar-refractivity contribution in [3.63, 3.8) is 0 Å². The molecule has 9 N–H and O–H groups in total. The van der Waals surface area contributed by atoms with Gasteiger partial charge in [-0.15, -0.1) is 0 Å². The molecule has 0 radical (unpaired) electrons. The van der Waals surface area contributed by atoms with E-state index in [0.29, 0.717) is 0 Å². The molecule has 24 heavy (non-hydrogen) atoms. The van der Waals surface area contributed by atoms with Crippen molar-refractivity contribution in [1.29, 1.82) is 0 Å². The Morgan fingerprint density at radius 1 is 1.12 bits per heavy atom. The van der Waals surface area contributed by atoms with Crippen LogP contribution in [0.5, 0.6) is 0 Å². The van der Waals surface area contributed by atoms with Crippen LogP contribution in [0.15, 0.2) is 0 Å². The average Bonchev–Trinajstić information content (AvgIpc) is 2.50. The first-order chi connectivity index (χ1) is 10.6. The lowest BCUT2D eigenvalue weighted by atomic mass is 9.57. The van der Waals surface area contributed by atoms with E-state index in [9.17, 15) is 40.6 Å². The van der Waals surface area contributed by atoms with E-state index in [1.807, 2.05) is 0 Å². The number of rotatable bonds is 5. The predicted molar refractivity (Wildman–Crippen MR) is 75.5 cm³/mol. The molecule has 142 valence electrons. The van der Waals surface area contributed by atoms with Crippen LogP contribution < -0.4 is 5.48 Å². The van der Waals surface area contributed by atoms with E-state index in [0.717, 1.165) is 27.7 Å². The fraction of sp³-hybridized carbons (Fsp3) is 0.923. The van der Waals surface area contributed by atoms with Gasteiger partial charge in [0, 0.05) is 0 Å². The van der Waals surface area contributed by atoms with E-state index < -0.39 is 52.9 Å². The number of hydrogen-bond acceptors (Lipinski definition) is 10. The second kappa shape index (κ2) is 5.83. The number of carbonyl (C=O) groups is 1. The van der Waals surface area contributed by atoms with Gasteiger partial charge in [-0.1, -0.05) is 13.8 Å². The van der Waals surface area contributed by atoms with Gasteiger partial charge in [0.25, 0.3) is 5.79 Å². The van der Waals surface area contributed by atoms with E-state index in [1.165, 1.54) is 5.48 Å². The Hall–Kier alpha value is -0.890. The molecular formula is C13H25NO10. The number of aliphatic hydroxyl groups is 6. The Bertz CT molecular complexity index is 511. The first-order valence-electron chi connectivity index (χ1n) is 7.09. The monoisotopic (exact) mass is 355 g/mol. The van der Waals surface area contributed by atoms with Gasteiger partial charge in [-0.3, -0.25) is 0 Å². The highest BCUT2D eigenvalue weighted by atomic mass is 16.7. The number of ether oxygens (including phenoxy) is 1. The number of hydroxylamine groups is 1. The molecule has 0 aromatic carbocycles. The SMILES string of the molecule is CC1(C(O)C(O)CO)O[C@](O)(C(=O)O)C(C)(C)C(C)(O)[C@@]1(O)NO. The molecule has 0 spiro atoms. The minimum atomic E-state index is -3.13. The van der Waals surface area contributed by atoms with Crippen molar-refractivity contribution < 1.29 is 50.5 Å². The zero-order chi connectivity index (χ0) is 19.4. The maximum atomic E-state index is 11.6. The summed E-state index contributed by atoms with van der Waals surface area (Å²) in [5.74, 6) is -5.07. The number of aliphatic hydroxyl groups excluding tert-OH is 3. The van der Waals surface area contributed by atoms with E-state index in [4.69, 9.17) is 9.84 Å². The average molecular weight is 355 g/mol.